The first kappa shape index (κ1) is 31.5. The van der Waals surface area contributed by atoms with Crippen LogP contribution in [0.1, 0.15) is 48.9 Å². The van der Waals surface area contributed by atoms with Crippen molar-refractivity contribution in [2.75, 3.05) is 51.5 Å². The van der Waals surface area contributed by atoms with E-state index in [1.807, 2.05) is 68.6 Å². The molecule has 5 rings (SSSR count). The number of para-hydroxylation sites is 1. The summed E-state index contributed by atoms with van der Waals surface area (Å²) in [5.41, 5.74) is 4.04. The van der Waals surface area contributed by atoms with Crippen LogP contribution in [0.3, 0.4) is 0 Å². The summed E-state index contributed by atoms with van der Waals surface area (Å²) in [7, 11) is 2.01. The van der Waals surface area contributed by atoms with Gasteiger partial charge in [0, 0.05) is 31.4 Å². The van der Waals surface area contributed by atoms with Gasteiger partial charge in [0.1, 0.15) is 6.61 Å². The number of rotatable bonds is 11. The van der Waals surface area contributed by atoms with Crippen molar-refractivity contribution in [1.82, 2.24) is 15.1 Å². The number of likely N-dealkylation sites (N-methyl/N-ethyl adjacent to an activating group) is 1. The number of amides is 2. The summed E-state index contributed by atoms with van der Waals surface area (Å²) in [6, 6.07) is 23.7. The fourth-order valence-electron chi connectivity index (χ4n) is 6.47. The molecule has 1 spiro atoms. The van der Waals surface area contributed by atoms with Crippen LogP contribution < -0.4 is 10.2 Å². The monoisotopic (exact) mass is 622 g/mol. The summed E-state index contributed by atoms with van der Waals surface area (Å²) >= 11 is 12.7. The van der Waals surface area contributed by atoms with E-state index >= 15 is 0 Å². The van der Waals surface area contributed by atoms with Gasteiger partial charge in [-0.2, -0.15) is 0 Å². The van der Waals surface area contributed by atoms with Gasteiger partial charge >= 0.3 is 0 Å². The molecule has 0 aliphatic carbocycles. The highest BCUT2D eigenvalue weighted by molar-refractivity contribution is 6.42. The summed E-state index contributed by atoms with van der Waals surface area (Å²) in [5.74, 6) is 0.0320. The maximum absolute atomic E-state index is 13.0. The molecule has 9 heteroatoms. The van der Waals surface area contributed by atoms with Crippen LogP contribution in [0, 0.1) is 0 Å². The van der Waals surface area contributed by atoms with Crippen molar-refractivity contribution in [3.63, 3.8) is 0 Å². The normalized spacial score (nSPS) is 17.0. The first-order valence-corrected chi connectivity index (χ1v) is 15.8. The summed E-state index contributed by atoms with van der Waals surface area (Å²) in [6.07, 6.45) is 3.05. The van der Waals surface area contributed by atoms with Crippen LogP contribution >= 0.6 is 23.2 Å². The zero-order chi connectivity index (χ0) is 30.4. The molecular formula is C34H40Cl2N4O3. The smallest absolute Gasteiger partial charge is 0.253 e. The predicted octanol–water partition coefficient (Wildman–Crippen LogP) is 6.05. The molecule has 1 atom stereocenters. The van der Waals surface area contributed by atoms with E-state index in [0.717, 1.165) is 55.7 Å². The lowest BCUT2D eigenvalue weighted by Gasteiger charge is -2.46. The molecule has 2 amide bonds. The minimum atomic E-state index is -0.283. The van der Waals surface area contributed by atoms with Crippen LogP contribution in [0.15, 0.2) is 72.8 Å². The minimum absolute atomic E-state index is 0.00673. The first-order valence-electron chi connectivity index (χ1n) is 15.0. The van der Waals surface area contributed by atoms with Crippen molar-refractivity contribution in [3.8, 4) is 0 Å². The van der Waals surface area contributed by atoms with Gasteiger partial charge in [-0.15, -0.1) is 0 Å². The Hall–Kier alpha value is -2.94. The highest BCUT2D eigenvalue weighted by atomic mass is 35.5. The number of piperidine rings is 1. The Balaban J connectivity index is 1.21. The first-order chi connectivity index (χ1) is 20.8. The van der Waals surface area contributed by atoms with Crippen LogP contribution in [-0.4, -0.2) is 68.2 Å². The minimum Gasteiger partial charge on any atom is -0.356 e. The Morgan fingerprint density at radius 1 is 1.02 bits per heavy atom. The molecule has 2 heterocycles. The van der Waals surface area contributed by atoms with Gasteiger partial charge in [-0.25, -0.2) is 0 Å². The van der Waals surface area contributed by atoms with Crippen LogP contribution in [0.2, 0.25) is 10.0 Å². The Morgan fingerprint density at radius 3 is 2.47 bits per heavy atom. The van der Waals surface area contributed by atoms with E-state index in [2.05, 4.69) is 33.3 Å². The SMILES string of the molecule is CCN(C(=O)COCN(C)[C@@H](CCN1CCC2(CC1)NC(=O)Cc1ccccc12)c1ccc(Cl)c(Cl)c1)c1ccccc1. The average molecular weight is 624 g/mol. The third kappa shape index (κ3) is 7.41. The number of nitrogens with one attached hydrogen (secondary N) is 1. The molecule has 1 saturated heterocycles. The number of carbonyl (C=O) groups is 2. The van der Waals surface area contributed by atoms with E-state index in [9.17, 15) is 9.59 Å². The Labute approximate surface area is 264 Å². The van der Waals surface area contributed by atoms with Gasteiger partial charge in [-0.1, -0.05) is 71.7 Å². The lowest BCUT2D eigenvalue weighted by atomic mass is 9.75. The summed E-state index contributed by atoms with van der Waals surface area (Å²) in [5, 5.41) is 4.37. The second-order valence-electron chi connectivity index (χ2n) is 11.5. The molecule has 2 aliphatic heterocycles. The molecule has 1 N–H and O–H groups in total. The van der Waals surface area contributed by atoms with Gasteiger partial charge in [0.15, 0.2) is 0 Å². The number of ether oxygens (including phenoxy) is 1. The van der Waals surface area contributed by atoms with Crippen LogP contribution in [0.5, 0.6) is 0 Å². The molecule has 0 unspecified atom stereocenters. The topological polar surface area (TPSA) is 65.1 Å². The number of fused-ring (bicyclic) bond motifs is 2. The van der Waals surface area contributed by atoms with Crippen LogP contribution in [0.25, 0.3) is 0 Å². The van der Waals surface area contributed by atoms with E-state index < -0.39 is 0 Å². The Morgan fingerprint density at radius 2 is 1.74 bits per heavy atom. The van der Waals surface area contributed by atoms with Crippen molar-refractivity contribution in [3.05, 3.63) is 99.5 Å². The van der Waals surface area contributed by atoms with Gasteiger partial charge in [0.05, 0.1) is 28.7 Å². The van der Waals surface area contributed by atoms with Gasteiger partial charge < -0.3 is 19.9 Å². The quantitative estimate of drug-likeness (QED) is 0.264. The zero-order valence-corrected chi connectivity index (χ0v) is 26.4. The number of carbonyl (C=O) groups excluding carboxylic acids is 2. The van der Waals surface area contributed by atoms with E-state index in [1.54, 1.807) is 4.90 Å². The molecule has 0 saturated carbocycles. The second-order valence-corrected chi connectivity index (χ2v) is 12.3. The third-order valence-corrected chi connectivity index (χ3v) is 9.50. The Kier molecular flexibility index (Phi) is 10.4. The van der Waals surface area contributed by atoms with Gasteiger partial charge in [0.2, 0.25) is 5.91 Å². The number of nitrogens with zero attached hydrogens (tertiary/aromatic N) is 3. The van der Waals surface area contributed by atoms with Crippen molar-refractivity contribution in [1.29, 1.82) is 0 Å². The molecule has 7 nitrogen and oxygen atoms in total. The lowest BCUT2D eigenvalue weighted by molar-refractivity contribution is -0.125. The predicted molar refractivity (Wildman–Crippen MR) is 173 cm³/mol. The van der Waals surface area contributed by atoms with Crippen LogP contribution in [-0.2, 0) is 26.3 Å². The standard InChI is InChI=1S/C34H40Cl2N4O3/c1-3-40(27-10-5-4-6-11-27)33(42)23-43-24-38(2)31(26-13-14-29(35)30(36)21-26)15-18-39-19-16-34(17-20-39)28-12-8-7-9-25(28)22-32(41)37-34/h4-14,21,31H,3,15-20,22-24H2,1-2H3,(H,37,41)/t31-/m0/s1. The lowest BCUT2D eigenvalue weighted by Crippen LogP contribution is -2.56. The zero-order valence-electron chi connectivity index (χ0n) is 24.9. The molecule has 0 radical (unpaired) electrons. The number of halogens is 2. The van der Waals surface area contributed by atoms with E-state index in [-0.39, 0.29) is 36.7 Å². The molecule has 0 aromatic heterocycles. The molecule has 2 aliphatic rings. The number of anilines is 1. The maximum Gasteiger partial charge on any atom is 0.253 e. The highest BCUT2D eigenvalue weighted by Gasteiger charge is 2.41. The largest absolute Gasteiger partial charge is 0.356 e. The molecule has 228 valence electrons. The molecule has 3 aromatic rings. The highest BCUT2D eigenvalue weighted by Crippen LogP contribution is 2.38. The number of benzene rings is 3. The number of likely N-dealkylation sites (tertiary alicyclic amines) is 1. The summed E-state index contributed by atoms with van der Waals surface area (Å²) < 4.78 is 5.95. The van der Waals surface area contributed by atoms with Crippen molar-refractivity contribution in [2.45, 2.75) is 44.2 Å². The van der Waals surface area contributed by atoms with E-state index in [1.165, 1.54) is 5.56 Å². The van der Waals surface area contributed by atoms with E-state index in [4.69, 9.17) is 27.9 Å². The molecule has 1 fully saturated rings. The number of hydrogen-bond acceptors (Lipinski definition) is 5. The molecular weight excluding hydrogens is 583 g/mol. The summed E-state index contributed by atoms with van der Waals surface area (Å²) in [4.78, 5) is 31.8. The molecule has 43 heavy (non-hydrogen) atoms. The van der Waals surface area contributed by atoms with Crippen molar-refractivity contribution in [2.24, 2.45) is 0 Å². The number of hydrogen-bond donors (Lipinski definition) is 1. The third-order valence-electron chi connectivity index (χ3n) is 8.76. The van der Waals surface area contributed by atoms with E-state index in [0.29, 0.717) is 23.0 Å². The maximum atomic E-state index is 13.0. The van der Waals surface area contributed by atoms with Gasteiger partial charge in [0.25, 0.3) is 5.91 Å². The van der Waals surface area contributed by atoms with Crippen molar-refractivity contribution < 1.29 is 14.3 Å². The van der Waals surface area contributed by atoms with Gasteiger partial charge in [-0.3, -0.25) is 14.5 Å². The fraction of sp³-hybridized carbons (Fsp3) is 0.412. The molecule has 0 bridgehead atoms. The summed E-state index contributed by atoms with van der Waals surface area (Å²) in [6.45, 7) is 5.46. The van der Waals surface area contributed by atoms with Crippen molar-refractivity contribution >= 4 is 40.7 Å². The molecule has 3 aromatic carbocycles. The van der Waals surface area contributed by atoms with Gasteiger partial charge in [-0.05, 0) is 80.7 Å². The fourth-order valence-corrected chi connectivity index (χ4v) is 6.77. The second kappa shape index (κ2) is 14.2. The van der Waals surface area contributed by atoms with Crippen LogP contribution in [0.4, 0.5) is 5.69 Å². The average Bonchev–Trinajstić information content (AvgIpc) is 3.01. The Bertz CT molecular complexity index is 1410.